The number of nitrogens with zero attached hydrogens (tertiary/aromatic N) is 3. The fourth-order valence-electron chi connectivity index (χ4n) is 2.15. The number of rotatable bonds is 3. The minimum atomic E-state index is -3.18. The second-order valence-corrected chi connectivity index (χ2v) is 7.29. The lowest BCUT2D eigenvalue weighted by Gasteiger charge is -2.07. The number of hydrogen-bond donors (Lipinski definition) is 0. The highest BCUT2D eigenvalue weighted by Crippen LogP contribution is 2.24. The van der Waals surface area contributed by atoms with Crippen LogP contribution in [0.4, 0.5) is 0 Å². The first-order valence-electron chi connectivity index (χ1n) is 6.18. The zero-order chi connectivity index (χ0) is 15.0. The molecule has 0 aliphatic carbocycles. The summed E-state index contributed by atoms with van der Waals surface area (Å²) in [4.78, 5) is 4.53. The van der Waals surface area contributed by atoms with Crippen LogP contribution in [0, 0.1) is 0 Å². The Kier molecular flexibility index (Phi) is 3.54. The number of hydrogen-bond acceptors (Lipinski definition) is 4. The minimum absolute atomic E-state index is 0.314. The van der Waals surface area contributed by atoms with Crippen LogP contribution in [0.25, 0.3) is 16.8 Å². The van der Waals surface area contributed by atoms with Crippen LogP contribution in [0.3, 0.4) is 0 Å². The number of halogens is 1. The minimum Gasteiger partial charge on any atom is -0.224 e. The second kappa shape index (κ2) is 5.23. The molecule has 0 spiro atoms. The Labute approximate surface area is 130 Å². The summed E-state index contributed by atoms with van der Waals surface area (Å²) < 4.78 is 24.7. The molecule has 0 fully saturated rings. The molecular weight excluding hydrogens is 354 g/mol. The van der Waals surface area contributed by atoms with E-state index in [4.69, 9.17) is 0 Å². The van der Waals surface area contributed by atoms with Crippen LogP contribution in [0.1, 0.15) is 5.56 Å². The van der Waals surface area contributed by atoms with Gasteiger partial charge in [-0.15, -0.1) is 0 Å². The lowest BCUT2D eigenvalue weighted by atomic mass is 10.1. The van der Waals surface area contributed by atoms with Crippen LogP contribution < -0.4 is 0 Å². The van der Waals surface area contributed by atoms with Gasteiger partial charge >= 0.3 is 0 Å². The summed E-state index contributed by atoms with van der Waals surface area (Å²) in [5.74, 6) is 0. The average molecular weight is 366 g/mol. The van der Waals surface area contributed by atoms with E-state index < -0.39 is 9.84 Å². The van der Waals surface area contributed by atoms with Gasteiger partial charge in [-0.3, -0.25) is 0 Å². The van der Waals surface area contributed by atoms with Gasteiger partial charge in [0.25, 0.3) is 0 Å². The van der Waals surface area contributed by atoms with Gasteiger partial charge in [-0.05, 0) is 23.8 Å². The van der Waals surface area contributed by atoms with E-state index in [1.807, 2.05) is 12.3 Å². The second-order valence-electron chi connectivity index (χ2n) is 4.71. The third kappa shape index (κ3) is 2.71. The molecule has 7 heteroatoms. The van der Waals surface area contributed by atoms with Crippen molar-refractivity contribution in [3.63, 3.8) is 0 Å². The lowest BCUT2D eigenvalue weighted by molar-refractivity contribution is 0.602. The standard InChI is InChI=1S/C14H12BrN3O2S/c1-21(19,20)13-4-2-10(3-5-13)12-6-11(7-15)14-16-9-17-18(14)8-12/h2-6,8-9H,7H2,1H3. The van der Waals surface area contributed by atoms with E-state index in [9.17, 15) is 8.42 Å². The maximum absolute atomic E-state index is 11.5. The molecule has 0 aliphatic rings. The highest BCUT2D eigenvalue weighted by Gasteiger charge is 2.09. The normalized spacial score (nSPS) is 11.9. The SMILES string of the molecule is CS(=O)(=O)c1ccc(-c2cc(CBr)c3ncnn3c2)cc1. The first kappa shape index (κ1) is 14.2. The van der Waals surface area contributed by atoms with Crippen LogP contribution in [-0.4, -0.2) is 29.3 Å². The average Bonchev–Trinajstić information content (AvgIpc) is 2.93. The third-order valence-corrected chi connectivity index (χ3v) is 4.94. The molecule has 0 radical (unpaired) electrons. The molecule has 2 heterocycles. The first-order chi connectivity index (χ1) is 9.99. The van der Waals surface area contributed by atoms with Gasteiger partial charge in [-0.25, -0.2) is 17.9 Å². The molecule has 0 amide bonds. The molecule has 3 aromatic rings. The van der Waals surface area contributed by atoms with E-state index in [0.29, 0.717) is 10.2 Å². The maximum atomic E-state index is 11.5. The monoisotopic (exact) mass is 365 g/mol. The molecule has 0 aliphatic heterocycles. The molecule has 3 rings (SSSR count). The molecule has 5 nitrogen and oxygen atoms in total. The van der Waals surface area contributed by atoms with Gasteiger partial charge in [0, 0.05) is 28.9 Å². The van der Waals surface area contributed by atoms with Gasteiger partial charge in [0.05, 0.1) is 4.90 Å². The highest BCUT2D eigenvalue weighted by molar-refractivity contribution is 9.08. The Bertz CT molecular complexity index is 902. The number of fused-ring (bicyclic) bond motifs is 1. The summed E-state index contributed by atoms with van der Waals surface area (Å²) in [6, 6.07) is 8.85. The van der Waals surface area contributed by atoms with E-state index in [1.54, 1.807) is 28.8 Å². The summed E-state index contributed by atoms with van der Waals surface area (Å²) in [5.41, 5.74) is 3.73. The summed E-state index contributed by atoms with van der Waals surface area (Å²) in [6.07, 6.45) is 4.59. The molecular formula is C14H12BrN3O2S. The van der Waals surface area contributed by atoms with Crippen molar-refractivity contribution in [2.45, 2.75) is 10.2 Å². The molecule has 0 atom stereocenters. The number of benzene rings is 1. The van der Waals surface area contributed by atoms with Crippen LogP contribution in [0.15, 0.2) is 47.8 Å². The number of pyridine rings is 1. The smallest absolute Gasteiger partial charge is 0.175 e. The predicted molar refractivity (Wildman–Crippen MR) is 84.2 cm³/mol. The van der Waals surface area contributed by atoms with Crippen molar-refractivity contribution in [2.24, 2.45) is 0 Å². The molecule has 0 unspecified atom stereocenters. The number of sulfone groups is 1. The van der Waals surface area contributed by atoms with Crippen molar-refractivity contribution in [3.05, 3.63) is 48.4 Å². The van der Waals surface area contributed by atoms with Crippen molar-refractivity contribution in [1.82, 2.24) is 14.6 Å². The van der Waals surface area contributed by atoms with Gasteiger partial charge in [-0.1, -0.05) is 28.1 Å². The third-order valence-electron chi connectivity index (χ3n) is 3.21. The molecule has 108 valence electrons. The van der Waals surface area contributed by atoms with E-state index in [-0.39, 0.29) is 0 Å². The lowest BCUT2D eigenvalue weighted by Crippen LogP contribution is -1.97. The van der Waals surface area contributed by atoms with Crippen molar-refractivity contribution in [1.29, 1.82) is 0 Å². The Morgan fingerprint density at radius 2 is 1.90 bits per heavy atom. The van der Waals surface area contributed by atoms with Crippen LogP contribution in [-0.2, 0) is 15.2 Å². The van der Waals surface area contributed by atoms with Crippen LogP contribution in [0.2, 0.25) is 0 Å². The van der Waals surface area contributed by atoms with Gasteiger partial charge in [0.1, 0.15) is 6.33 Å². The van der Waals surface area contributed by atoms with E-state index in [1.165, 1.54) is 12.6 Å². The molecule has 21 heavy (non-hydrogen) atoms. The van der Waals surface area contributed by atoms with E-state index in [2.05, 4.69) is 26.0 Å². The first-order valence-corrected chi connectivity index (χ1v) is 9.19. The summed E-state index contributed by atoms with van der Waals surface area (Å²) in [7, 11) is -3.18. The molecule has 0 saturated heterocycles. The Morgan fingerprint density at radius 3 is 2.52 bits per heavy atom. The van der Waals surface area contributed by atoms with Gasteiger partial charge < -0.3 is 0 Å². The van der Waals surface area contributed by atoms with Crippen molar-refractivity contribution >= 4 is 31.4 Å². The number of alkyl halides is 1. The molecule has 0 saturated carbocycles. The molecule has 0 N–H and O–H groups in total. The van der Waals surface area contributed by atoms with Crippen molar-refractivity contribution in [3.8, 4) is 11.1 Å². The van der Waals surface area contributed by atoms with Crippen molar-refractivity contribution in [2.75, 3.05) is 6.26 Å². The van der Waals surface area contributed by atoms with Crippen LogP contribution >= 0.6 is 15.9 Å². The van der Waals surface area contributed by atoms with Gasteiger partial charge in [0.2, 0.25) is 0 Å². The number of aromatic nitrogens is 3. The Morgan fingerprint density at radius 1 is 1.19 bits per heavy atom. The summed E-state index contributed by atoms with van der Waals surface area (Å²) in [6.45, 7) is 0. The van der Waals surface area contributed by atoms with Gasteiger partial charge in [-0.2, -0.15) is 5.10 Å². The van der Waals surface area contributed by atoms with E-state index in [0.717, 1.165) is 22.3 Å². The Balaban J connectivity index is 2.12. The zero-order valence-electron chi connectivity index (χ0n) is 11.2. The van der Waals surface area contributed by atoms with E-state index >= 15 is 0 Å². The summed E-state index contributed by atoms with van der Waals surface area (Å²) >= 11 is 3.45. The van der Waals surface area contributed by atoms with Gasteiger partial charge in [0.15, 0.2) is 15.5 Å². The highest BCUT2D eigenvalue weighted by atomic mass is 79.9. The fourth-order valence-corrected chi connectivity index (χ4v) is 3.19. The zero-order valence-corrected chi connectivity index (χ0v) is 13.6. The molecule has 1 aromatic carbocycles. The summed E-state index contributed by atoms with van der Waals surface area (Å²) in [5, 5.41) is 4.83. The quantitative estimate of drug-likeness (QED) is 0.669. The topological polar surface area (TPSA) is 64.3 Å². The maximum Gasteiger partial charge on any atom is 0.175 e. The molecule has 2 aromatic heterocycles. The Hall–Kier alpha value is -1.73. The fraction of sp³-hybridized carbons (Fsp3) is 0.143. The van der Waals surface area contributed by atoms with Crippen LogP contribution in [0.5, 0.6) is 0 Å². The van der Waals surface area contributed by atoms with Crippen molar-refractivity contribution < 1.29 is 8.42 Å². The predicted octanol–water partition coefficient (Wildman–Crippen LogP) is 2.69. The largest absolute Gasteiger partial charge is 0.224 e. The molecule has 0 bridgehead atoms.